The number of carbonyl (C=O) groups is 2. The molecule has 0 fully saturated rings. The van der Waals surface area contributed by atoms with Gasteiger partial charge >= 0.3 is 11.7 Å². The Bertz CT molecular complexity index is 939. The van der Waals surface area contributed by atoms with Gasteiger partial charge in [0.2, 0.25) is 5.91 Å². The minimum atomic E-state index is -1.07. The van der Waals surface area contributed by atoms with Crippen molar-refractivity contribution < 1.29 is 14.7 Å². The fraction of sp³-hybridized carbons (Fsp3) is 0.562. The summed E-state index contributed by atoms with van der Waals surface area (Å²) >= 11 is 0. The summed E-state index contributed by atoms with van der Waals surface area (Å²) in [4.78, 5) is 51.6. The Morgan fingerprint density at radius 3 is 2.58 bits per heavy atom. The highest BCUT2D eigenvalue weighted by Crippen LogP contribution is 2.07. The number of carboxylic acid groups (broad SMARTS) is 1. The van der Waals surface area contributed by atoms with Gasteiger partial charge in [0, 0.05) is 27.1 Å². The lowest BCUT2D eigenvalue weighted by Crippen LogP contribution is -2.41. The van der Waals surface area contributed by atoms with Crippen LogP contribution in [0.5, 0.6) is 0 Å². The highest BCUT2D eigenvalue weighted by Gasteiger charge is 2.20. The van der Waals surface area contributed by atoms with E-state index in [4.69, 9.17) is 5.11 Å². The number of nitrogens with one attached hydrogen (secondary N) is 1. The molecule has 0 saturated heterocycles. The SMILES string of the molecule is CCCC[C@H](NC(=O)CCn1cnc2c1c(=O)n(C)c(=O)n2C)C(=O)O. The maximum atomic E-state index is 12.3. The number of hydrogen-bond acceptors (Lipinski definition) is 5. The van der Waals surface area contributed by atoms with Crippen molar-refractivity contribution in [2.45, 2.75) is 45.2 Å². The topological polar surface area (TPSA) is 128 Å². The number of rotatable bonds is 8. The lowest BCUT2D eigenvalue weighted by Gasteiger charge is -2.14. The quantitative estimate of drug-likeness (QED) is 0.654. The first-order valence-corrected chi connectivity index (χ1v) is 8.41. The monoisotopic (exact) mass is 365 g/mol. The number of hydrogen-bond donors (Lipinski definition) is 2. The predicted molar refractivity (Wildman–Crippen MR) is 93.9 cm³/mol. The molecule has 0 aromatic carbocycles. The molecular formula is C16H23N5O5. The molecule has 2 aromatic heterocycles. The van der Waals surface area contributed by atoms with Gasteiger partial charge in [-0.1, -0.05) is 19.8 Å². The van der Waals surface area contributed by atoms with Crippen LogP contribution in [-0.2, 0) is 30.2 Å². The summed E-state index contributed by atoms with van der Waals surface area (Å²) in [5.74, 6) is -1.49. The van der Waals surface area contributed by atoms with Crippen molar-refractivity contribution in [2.24, 2.45) is 14.1 Å². The van der Waals surface area contributed by atoms with Crippen LogP contribution in [0.25, 0.3) is 11.2 Å². The number of carboxylic acids is 1. The first-order valence-electron chi connectivity index (χ1n) is 8.41. The van der Waals surface area contributed by atoms with Crippen LogP contribution in [0.4, 0.5) is 0 Å². The molecule has 10 nitrogen and oxygen atoms in total. The van der Waals surface area contributed by atoms with Gasteiger partial charge in [-0.3, -0.25) is 18.7 Å². The Hall–Kier alpha value is -2.91. The molecule has 2 N–H and O–H groups in total. The summed E-state index contributed by atoms with van der Waals surface area (Å²) in [5, 5.41) is 11.7. The number of nitrogens with zero attached hydrogens (tertiary/aromatic N) is 4. The molecule has 1 amide bonds. The fourth-order valence-corrected chi connectivity index (χ4v) is 2.72. The predicted octanol–water partition coefficient (Wildman–Crippen LogP) is -0.417. The number of aromatic nitrogens is 4. The molecule has 2 rings (SSSR count). The van der Waals surface area contributed by atoms with Gasteiger partial charge in [-0.15, -0.1) is 0 Å². The Morgan fingerprint density at radius 2 is 1.96 bits per heavy atom. The lowest BCUT2D eigenvalue weighted by molar-refractivity contribution is -0.142. The van der Waals surface area contributed by atoms with Crippen LogP contribution in [0.15, 0.2) is 15.9 Å². The van der Waals surface area contributed by atoms with E-state index in [2.05, 4.69) is 10.3 Å². The van der Waals surface area contributed by atoms with Crippen molar-refractivity contribution >= 4 is 23.0 Å². The zero-order chi connectivity index (χ0) is 19.4. The maximum absolute atomic E-state index is 12.3. The van der Waals surface area contributed by atoms with Crippen LogP contribution in [-0.4, -0.2) is 41.7 Å². The van der Waals surface area contributed by atoms with Gasteiger partial charge in [-0.2, -0.15) is 0 Å². The van der Waals surface area contributed by atoms with Crippen molar-refractivity contribution in [2.75, 3.05) is 0 Å². The molecule has 0 bridgehead atoms. The van der Waals surface area contributed by atoms with Crippen LogP contribution < -0.4 is 16.6 Å². The zero-order valence-electron chi connectivity index (χ0n) is 15.1. The largest absolute Gasteiger partial charge is 0.480 e. The first kappa shape index (κ1) is 19.4. The van der Waals surface area contributed by atoms with Crippen molar-refractivity contribution in [3.63, 3.8) is 0 Å². The van der Waals surface area contributed by atoms with Crippen LogP contribution >= 0.6 is 0 Å². The standard InChI is InChI=1S/C16H23N5O5/c1-4-5-6-10(15(24)25)18-11(22)7-8-21-9-17-13-12(21)14(23)20(3)16(26)19(13)2/h9-10H,4-8H2,1-3H3,(H,18,22)(H,24,25)/t10-/m0/s1. The summed E-state index contributed by atoms with van der Waals surface area (Å²) in [5.41, 5.74) is -0.508. The van der Waals surface area contributed by atoms with Gasteiger partial charge in [-0.25, -0.2) is 14.6 Å². The maximum Gasteiger partial charge on any atom is 0.332 e. The Balaban J connectivity index is 2.15. The number of carbonyl (C=O) groups excluding carboxylic acids is 1. The molecule has 0 aliphatic heterocycles. The third kappa shape index (κ3) is 3.84. The number of imidazole rings is 1. The molecule has 2 heterocycles. The number of aliphatic carboxylic acids is 1. The van der Waals surface area contributed by atoms with Gasteiger partial charge in [0.05, 0.1) is 6.33 Å². The van der Waals surface area contributed by atoms with Gasteiger partial charge < -0.3 is 15.0 Å². The van der Waals surface area contributed by atoms with E-state index in [0.717, 1.165) is 11.0 Å². The number of unbranched alkanes of at least 4 members (excludes halogenated alkanes) is 1. The van der Waals surface area contributed by atoms with Crippen LogP contribution in [0.2, 0.25) is 0 Å². The highest BCUT2D eigenvalue weighted by molar-refractivity contribution is 5.83. The van der Waals surface area contributed by atoms with Crippen molar-refractivity contribution in [3.8, 4) is 0 Å². The smallest absolute Gasteiger partial charge is 0.332 e. The molecule has 0 aliphatic rings. The van der Waals surface area contributed by atoms with E-state index in [0.29, 0.717) is 12.8 Å². The van der Waals surface area contributed by atoms with Gasteiger partial charge in [0.25, 0.3) is 5.56 Å². The van der Waals surface area contributed by atoms with E-state index >= 15 is 0 Å². The van der Waals surface area contributed by atoms with Crippen LogP contribution in [0.3, 0.4) is 0 Å². The number of fused-ring (bicyclic) bond motifs is 1. The summed E-state index contributed by atoms with van der Waals surface area (Å²) in [6, 6.07) is -0.921. The molecule has 1 atom stereocenters. The molecule has 2 aromatic rings. The molecule has 10 heteroatoms. The second-order valence-corrected chi connectivity index (χ2v) is 6.17. The van der Waals surface area contributed by atoms with Gasteiger partial charge in [0.1, 0.15) is 6.04 Å². The molecular weight excluding hydrogens is 342 g/mol. The molecule has 0 saturated carbocycles. The van der Waals surface area contributed by atoms with Crippen molar-refractivity contribution in [1.82, 2.24) is 24.0 Å². The molecule has 142 valence electrons. The second-order valence-electron chi connectivity index (χ2n) is 6.17. The molecule has 0 radical (unpaired) electrons. The second kappa shape index (κ2) is 7.98. The Morgan fingerprint density at radius 1 is 1.27 bits per heavy atom. The van der Waals surface area contributed by atoms with E-state index in [1.165, 1.54) is 29.6 Å². The van der Waals surface area contributed by atoms with Crippen LogP contribution in [0, 0.1) is 0 Å². The molecule has 0 spiro atoms. The molecule has 26 heavy (non-hydrogen) atoms. The van der Waals surface area contributed by atoms with E-state index < -0.39 is 29.2 Å². The van der Waals surface area contributed by atoms with Gasteiger partial charge in [0.15, 0.2) is 11.2 Å². The molecule has 0 unspecified atom stereocenters. The highest BCUT2D eigenvalue weighted by atomic mass is 16.4. The fourth-order valence-electron chi connectivity index (χ4n) is 2.72. The van der Waals surface area contributed by atoms with Crippen LogP contribution in [0.1, 0.15) is 32.6 Å². The van der Waals surface area contributed by atoms with Gasteiger partial charge in [-0.05, 0) is 6.42 Å². The summed E-state index contributed by atoms with van der Waals surface area (Å²) in [6.45, 7) is 2.09. The number of aryl methyl sites for hydroxylation is 2. The summed E-state index contributed by atoms with van der Waals surface area (Å²) in [6.07, 6.45) is 3.29. The normalized spacial score (nSPS) is 12.3. The van der Waals surface area contributed by atoms with Crippen molar-refractivity contribution in [1.29, 1.82) is 0 Å². The Kier molecular flexibility index (Phi) is 5.96. The summed E-state index contributed by atoms with van der Waals surface area (Å²) < 4.78 is 3.74. The third-order valence-electron chi connectivity index (χ3n) is 4.28. The minimum absolute atomic E-state index is 0.00659. The minimum Gasteiger partial charge on any atom is -0.480 e. The zero-order valence-corrected chi connectivity index (χ0v) is 15.1. The van der Waals surface area contributed by atoms with Crippen molar-refractivity contribution in [3.05, 3.63) is 27.2 Å². The van der Waals surface area contributed by atoms with E-state index in [-0.39, 0.29) is 24.1 Å². The van der Waals surface area contributed by atoms with E-state index in [1.807, 2.05) is 6.92 Å². The Labute approximate surface area is 149 Å². The third-order valence-corrected chi connectivity index (χ3v) is 4.28. The van der Waals surface area contributed by atoms with E-state index in [1.54, 1.807) is 0 Å². The first-order chi connectivity index (χ1) is 12.3. The average Bonchev–Trinajstić information content (AvgIpc) is 3.03. The lowest BCUT2D eigenvalue weighted by atomic mass is 10.1. The molecule has 0 aliphatic carbocycles. The van der Waals surface area contributed by atoms with E-state index in [9.17, 15) is 19.2 Å². The summed E-state index contributed by atoms with van der Waals surface area (Å²) in [7, 11) is 2.89. The average molecular weight is 365 g/mol. The number of amides is 1.